The number of rotatable bonds is 7. The lowest BCUT2D eigenvalue weighted by Gasteiger charge is -2.08. The highest BCUT2D eigenvalue weighted by atomic mass is 32.2. The third kappa shape index (κ3) is 6.46. The summed E-state index contributed by atoms with van der Waals surface area (Å²) in [5.41, 5.74) is 0. The molecule has 15 heavy (non-hydrogen) atoms. The van der Waals surface area contributed by atoms with Crippen molar-refractivity contribution in [3.05, 3.63) is 0 Å². The molecule has 0 atom stereocenters. The molecule has 0 amide bonds. The van der Waals surface area contributed by atoms with Gasteiger partial charge >= 0.3 is 5.97 Å². The van der Waals surface area contributed by atoms with Gasteiger partial charge < -0.3 is 4.74 Å². The minimum absolute atomic E-state index is 0.244. The molecule has 0 aromatic rings. The minimum Gasteiger partial charge on any atom is -0.466 e. The van der Waals surface area contributed by atoms with Crippen LogP contribution in [0.1, 0.15) is 33.6 Å². The number of hydrogen-bond donors (Lipinski definition) is 1. The van der Waals surface area contributed by atoms with Gasteiger partial charge in [0, 0.05) is 13.0 Å². The van der Waals surface area contributed by atoms with Gasteiger partial charge in [-0.2, -0.15) is 0 Å². The van der Waals surface area contributed by atoms with Crippen LogP contribution < -0.4 is 4.72 Å². The Morgan fingerprint density at radius 2 is 2.00 bits per heavy atom. The maximum atomic E-state index is 11.3. The highest BCUT2D eigenvalue weighted by molar-refractivity contribution is 7.90. The van der Waals surface area contributed by atoms with Crippen molar-refractivity contribution < 1.29 is 17.9 Å². The third-order valence-corrected chi connectivity index (χ3v) is 3.63. The summed E-state index contributed by atoms with van der Waals surface area (Å²) in [4.78, 5) is 10.9. The van der Waals surface area contributed by atoms with Gasteiger partial charge in [0.15, 0.2) is 0 Å². The average Bonchev–Trinajstić information content (AvgIpc) is 2.13. The smallest absolute Gasteiger partial charge is 0.305 e. The fraction of sp³-hybridized carbons (Fsp3) is 0.889. The molecule has 0 aliphatic heterocycles. The number of hydrogen-bond acceptors (Lipinski definition) is 4. The molecule has 0 aromatic heterocycles. The van der Waals surface area contributed by atoms with Crippen molar-refractivity contribution in [2.75, 3.05) is 13.2 Å². The first kappa shape index (κ1) is 14.4. The molecular formula is C9H19NO4S. The predicted molar refractivity (Wildman–Crippen MR) is 57.9 cm³/mol. The van der Waals surface area contributed by atoms with Gasteiger partial charge in [-0.25, -0.2) is 13.1 Å². The summed E-state index contributed by atoms with van der Waals surface area (Å²) >= 11 is 0. The molecular weight excluding hydrogens is 218 g/mol. The Bertz CT molecular complexity index is 284. The zero-order valence-electron chi connectivity index (χ0n) is 9.45. The zero-order valence-corrected chi connectivity index (χ0v) is 10.3. The number of esters is 1. The van der Waals surface area contributed by atoms with Crippen LogP contribution in [-0.4, -0.2) is 32.8 Å². The first-order chi connectivity index (χ1) is 6.90. The van der Waals surface area contributed by atoms with E-state index in [1.165, 1.54) is 0 Å². The molecule has 0 unspecified atom stereocenters. The van der Waals surface area contributed by atoms with E-state index in [-0.39, 0.29) is 18.9 Å². The average molecular weight is 237 g/mol. The summed E-state index contributed by atoms with van der Waals surface area (Å²) in [6.07, 6.45) is 0.708. The van der Waals surface area contributed by atoms with Gasteiger partial charge in [-0.05, 0) is 27.2 Å². The van der Waals surface area contributed by atoms with Crippen molar-refractivity contribution in [3.8, 4) is 0 Å². The van der Waals surface area contributed by atoms with Crippen molar-refractivity contribution in [2.24, 2.45) is 0 Å². The van der Waals surface area contributed by atoms with Crippen molar-refractivity contribution in [1.82, 2.24) is 4.72 Å². The predicted octanol–water partition coefficient (Wildman–Crippen LogP) is 0.658. The number of nitrogens with one attached hydrogen (secondary N) is 1. The summed E-state index contributed by atoms with van der Waals surface area (Å²) in [6.45, 7) is 5.58. The Kier molecular flexibility index (Phi) is 6.51. The summed E-state index contributed by atoms with van der Waals surface area (Å²) < 4.78 is 29.7. The molecule has 0 aliphatic carbocycles. The summed E-state index contributed by atoms with van der Waals surface area (Å²) in [5, 5.41) is -0.444. The van der Waals surface area contributed by atoms with E-state index >= 15 is 0 Å². The fourth-order valence-corrected chi connectivity index (χ4v) is 1.61. The molecule has 0 heterocycles. The van der Waals surface area contributed by atoms with Crippen LogP contribution in [0, 0.1) is 0 Å². The molecule has 0 radical (unpaired) electrons. The zero-order chi connectivity index (χ0) is 11.9. The largest absolute Gasteiger partial charge is 0.466 e. The maximum Gasteiger partial charge on any atom is 0.305 e. The molecule has 0 spiro atoms. The number of sulfonamides is 1. The second-order valence-electron chi connectivity index (χ2n) is 3.40. The molecule has 5 nitrogen and oxygen atoms in total. The Hall–Kier alpha value is -0.620. The molecule has 0 rings (SSSR count). The van der Waals surface area contributed by atoms with E-state index < -0.39 is 15.3 Å². The molecule has 0 aromatic carbocycles. The lowest BCUT2D eigenvalue weighted by Crippen LogP contribution is -2.31. The third-order valence-electron chi connectivity index (χ3n) is 1.79. The summed E-state index contributed by atoms with van der Waals surface area (Å²) in [6, 6.07) is 0. The molecule has 0 saturated heterocycles. The lowest BCUT2D eigenvalue weighted by molar-refractivity contribution is -0.143. The Balaban J connectivity index is 3.68. The van der Waals surface area contributed by atoms with E-state index in [0.29, 0.717) is 13.0 Å². The second-order valence-corrected chi connectivity index (χ2v) is 5.72. The summed E-state index contributed by atoms with van der Waals surface area (Å²) in [5.74, 6) is -0.291. The van der Waals surface area contributed by atoms with Crippen LogP contribution in [0.2, 0.25) is 0 Å². The fourth-order valence-electron chi connectivity index (χ4n) is 0.847. The molecule has 0 saturated carbocycles. The van der Waals surface area contributed by atoms with E-state index in [2.05, 4.69) is 4.72 Å². The molecule has 0 bridgehead atoms. The van der Waals surface area contributed by atoms with Crippen molar-refractivity contribution >= 4 is 16.0 Å². The monoisotopic (exact) mass is 237 g/mol. The van der Waals surface area contributed by atoms with E-state index in [0.717, 1.165) is 0 Å². The SMILES string of the molecule is CCOC(=O)CCCNS(=O)(=O)C(C)C. The Morgan fingerprint density at radius 1 is 1.40 bits per heavy atom. The van der Waals surface area contributed by atoms with Crippen LogP contribution in [0.15, 0.2) is 0 Å². The van der Waals surface area contributed by atoms with Gasteiger partial charge in [0.25, 0.3) is 0 Å². The highest BCUT2D eigenvalue weighted by Crippen LogP contribution is 1.97. The quantitative estimate of drug-likeness (QED) is 0.521. The van der Waals surface area contributed by atoms with Gasteiger partial charge in [-0.15, -0.1) is 0 Å². The van der Waals surface area contributed by atoms with Crippen LogP contribution >= 0.6 is 0 Å². The Morgan fingerprint density at radius 3 is 2.47 bits per heavy atom. The van der Waals surface area contributed by atoms with Crippen molar-refractivity contribution in [3.63, 3.8) is 0 Å². The van der Waals surface area contributed by atoms with Crippen LogP contribution in [0.4, 0.5) is 0 Å². The molecule has 1 N–H and O–H groups in total. The standard InChI is InChI=1S/C9H19NO4S/c1-4-14-9(11)6-5-7-10-15(12,13)8(2)3/h8,10H,4-7H2,1-3H3. The van der Waals surface area contributed by atoms with Gasteiger partial charge in [-0.3, -0.25) is 4.79 Å². The first-order valence-electron chi connectivity index (χ1n) is 5.04. The van der Waals surface area contributed by atoms with Gasteiger partial charge in [0.1, 0.15) is 0 Å². The molecule has 0 aliphatic rings. The van der Waals surface area contributed by atoms with E-state index in [4.69, 9.17) is 4.74 Å². The summed E-state index contributed by atoms with van der Waals surface area (Å²) in [7, 11) is -3.21. The van der Waals surface area contributed by atoms with Crippen LogP contribution in [0.25, 0.3) is 0 Å². The van der Waals surface area contributed by atoms with Crippen molar-refractivity contribution in [1.29, 1.82) is 0 Å². The molecule has 90 valence electrons. The first-order valence-corrected chi connectivity index (χ1v) is 6.59. The number of ether oxygens (including phenoxy) is 1. The maximum absolute atomic E-state index is 11.3. The van der Waals surface area contributed by atoms with Crippen molar-refractivity contribution in [2.45, 2.75) is 38.9 Å². The second kappa shape index (κ2) is 6.79. The van der Waals surface area contributed by atoms with E-state index in [1.54, 1.807) is 20.8 Å². The van der Waals surface area contributed by atoms with Gasteiger partial charge in [0.05, 0.1) is 11.9 Å². The van der Waals surface area contributed by atoms with E-state index in [1.807, 2.05) is 0 Å². The minimum atomic E-state index is -3.21. The van der Waals surface area contributed by atoms with Gasteiger partial charge in [0.2, 0.25) is 10.0 Å². The highest BCUT2D eigenvalue weighted by Gasteiger charge is 2.14. The van der Waals surface area contributed by atoms with Crippen LogP contribution in [0.3, 0.4) is 0 Å². The number of carbonyl (C=O) groups excluding carboxylic acids is 1. The molecule has 6 heteroatoms. The topological polar surface area (TPSA) is 72.5 Å². The lowest BCUT2D eigenvalue weighted by atomic mass is 10.3. The van der Waals surface area contributed by atoms with Gasteiger partial charge in [-0.1, -0.05) is 0 Å². The normalized spacial score (nSPS) is 11.7. The Labute approximate surface area is 91.2 Å². The van der Waals surface area contributed by atoms with Crippen LogP contribution in [0.5, 0.6) is 0 Å². The molecule has 0 fully saturated rings. The van der Waals surface area contributed by atoms with Crippen LogP contribution in [-0.2, 0) is 19.6 Å². The van der Waals surface area contributed by atoms with E-state index in [9.17, 15) is 13.2 Å². The number of carbonyl (C=O) groups is 1.